The normalized spacial score (nSPS) is 11.0. The van der Waals surface area contributed by atoms with Gasteiger partial charge in [-0.15, -0.1) is 10.2 Å². The third kappa shape index (κ3) is 2.93. The molecule has 6 nitrogen and oxygen atoms in total. The molecule has 0 aliphatic rings. The molecular formula is C13H12ClN5OS. The number of aryl methyl sites for hydroxylation is 1. The standard InChI is InChI=1S/C13H12ClN5OS/c1-3-19-12(9-5-4-6-20-9)17-18-13(19)21-11-7-10(14)15-8(2)16-11/h4-7H,3H2,1-2H3. The summed E-state index contributed by atoms with van der Waals surface area (Å²) in [6.07, 6.45) is 1.62. The van der Waals surface area contributed by atoms with E-state index in [1.54, 1.807) is 19.3 Å². The van der Waals surface area contributed by atoms with Gasteiger partial charge < -0.3 is 4.42 Å². The maximum Gasteiger partial charge on any atom is 0.200 e. The fourth-order valence-corrected chi connectivity index (χ4v) is 3.12. The largest absolute Gasteiger partial charge is 0.461 e. The first-order valence-electron chi connectivity index (χ1n) is 6.33. The van der Waals surface area contributed by atoms with E-state index < -0.39 is 0 Å². The molecule has 0 aliphatic carbocycles. The summed E-state index contributed by atoms with van der Waals surface area (Å²) in [5, 5.41) is 10.3. The zero-order chi connectivity index (χ0) is 14.8. The van der Waals surface area contributed by atoms with Crippen molar-refractivity contribution in [3.05, 3.63) is 35.4 Å². The van der Waals surface area contributed by atoms with Gasteiger partial charge >= 0.3 is 0 Å². The van der Waals surface area contributed by atoms with Crippen LogP contribution in [0.1, 0.15) is 12.7 Å². The maximum atomic E-state index is 5.95. The highest BCUT2D eigenvalue weighted by atomic mass is 35.5. The topological polar surface area (TPSA) is 69.6 Å². The molecule has 0 atom stereocenters. The molecular weight excluding hydrogens is 310 g/mol. The van der Waals surface area contributed by atoms with Crippen molar-refractivity contribution in [2.24, 2.45) is 0 Å². The van der Waals surface area contributed by atoms with Crippen LogP contribution in [0, 0.1) is 6.92 Å². The van der Waals surface area contributed by atoms with Crippen molar-refractivity contribution in [1.82, 2.24) is 24.7 Å². The lowest BCUT2D eigenvalue weighted by atomic mass is 10.4. The molecule has 0 spiro atoms. The predicted octanol–water partition coefficient (Wildman–Crippen LogP) is 3.46. The van der Waals surface area contributed by atoms with Crippen molar-refractivity contribution in [2.45, 2.75) is 30.6 Å². The maximum absolute atomic E-state index is 5.95. The van der Waals surface area contributed by atoms with E-state index in [2.05, 4.69) is 20.2 Å². The SMILES string of the molecule is CCn1c(Sc2cc(Cl)nc(C)n2)nnc1-c1ccco1. The predicted molar refractivity (Wildman–Crippen MR) is 79.3 cm³/mol. The fraction of sp³-hybridized carbons (Fsp3) is 0.231. The summed E-state index contributed by atoms with van der Waals surface area (Å²) in [6, 6.07) is 5.39. The van der Waals surface area contributed by atoms with E-state index >= 15 is 0 Å². The molecule has 8 heteroatoms. The molecule has 0 amide bonds. The van der Waals surface area contributed by atoms with Gasteiger partial charge in [0.1, 0.15) is 16.0 Å². The van der Waals surface area contributed by atoms with Crippen molar-refractivity contribution in [3.63, 3.8) is 0 Å². The minimum Gasteiger partial charge on any atom is -0.461 e. The van der Waals surface area contributed by atoms with E-state index in [0.717, 1.165) is 16.7 Å². The molecule has 3 aromatic rings. The van der Waals surface area contributed by atoms with Gasteiger partial charge in [-0.3, -0.25) is 4.57 Å². The van der Waals surface area contributed by atoms with Crippen LogP contribution in [0.15, 0.2) is 39.1 Å². The Balaban J connectivity index is 1.96. The minimum atomic E-state index is 0.416. The Labute approximate surface area is 130 Å². The van der Waals surface area contributed by atoms with Gasteiger partial charge in [-0.2, -0.15) is 0 Å². The van der Waals surface area contributed by atoms with Gasteiger partial charge in [-0.1, -0.05) is 11.6 Å². The second kappa shape index (κ2) is 5.87. The summed E-state index contributed by atoms with van der Waals surface area (Å²) in [5.74, 6) is 2.01. The molecule has 0 aliphatic heterocycles. The number of halogens is 1. The molecule has 3 aromatic heterocycles. The van der Waals surface area contributed by atoms with Crippen LogP contribution in [0.5, 0.6) is 0 Å². The molecule has 0 saturated heterocycles. The Morgan fingerprint density at radius 2 is 2.19 bits per heavy atom. The Morgan fingerprint density at radius 1 is 1.33 bits per heavy atom. The van der Waals surface area contributed by atoms with Crippen molar-refractivity contribution >= 4 is 23.4 Å². The molecule has 0 fully saturated rings. The third-order valence-corrected chi connectivity index (χ3v) is 3.85. The highest BCUT2D eigenvalue weighted by Crippen LogP contribution is 2.29. The number of furan rings is 1. The molecule has 108 valence electrons. The first kappa shape index (κ1) is 14.1. The van der Waals surface area contributed by atoms with E-state index in [1.165, 1.54) is 11.8 Å². The van der Waals surface area contributed by atoms with Gasteiger partial charge in [0.2, 0.25) is 0 Å². The summed E-state index contributed by atoms with van der Waals surface area (Å²) in [7, 11) is 0. The van der Waals surface area contributed by atoms with Crippen LogP contribution in [0.2, 0.25) is 5.15 Å². The van der Waals surface area contributed by atoms with Crippen LogP contribution >= 0.6 is 23.4 Å². The Kier molecular flexibility index (Phi) is 3.94. The molecule has 0 aromatic carbocycles. The number of nitrogens with zero attached hydrogens (tertiary/aromatic N) is 5. The zero-order valence-electron chi connectivity index (χ0n) is 11.4. The Hall–Kier alpha value is -1.86. The molecule has 21 heavy (non-hydrogen) atoms. The summed E-state index contributed by atoms with van der Waals surface area (Å²) < 4.78 is 7.35. The van der Waals surface area contributed by atoms with Crippen molar-refractivity contribution in [2.75, 3.05) is 0 Å². The Morgan fingerprint density at radius 3 is 2.86 bits per heavy atom. The van der Waals surface area contributed by atoms with Gasteiger partial charge in [0, 0.05) is 12.6 Å². The molecule has 0 saturated carbocycles. The van der Waals surface area contributed by atoms with Crippen LogP contribution < -0.4 is 0 Å². The second-order valence-corrected chi connectivity index (χ2v) is 5.58. The summed E-state index contributed by atoms with van der Waals surface area (Å²) in [6.45, 7) is 4.55. The van der Waals surface area contributed by atoms with Crippen molar-refractivity contribution in [1.29, 1.82) is 0 Å². The monoisotopic (exact) mass is 321 g/mol. The van der Waals surface area contributed by atoms with Crippen molar-refractivity contribution < 1.29 is 4.42 Å². The average molecular weight is 322 g/mol. The summed E-state index contributed by atoms with van der Waals surface area (Å²) in [4.78, 5) is 8.39. The lowest BCUT2D eigenvalue weighted by molar-refractivity contribution is 0.567. The van der Waals surface area contributed by atoms with Crippen LogP contribution in [-0.2, 0) is 6.54 Å². The molecule has 3 heterocycles. The molecule has 0 radical (unpaired) electrons. The van der Waals surface area contributed by atoms with Crippen LogP contribution in [0.3, 0.4) is 0 Å². The number of hydrogen-bond acceptors (Lipinski definition) is 6. The van der Waals surface area contributed by atoms with Crippen LogP contribution in [0.25, 0.3) is 11.6 Å². The molecule has 0 bridgehead atoms. The third-order valence-electron chi connectivity index (χ3n) is 2.75. The summed E-state index contributed by atoms with van der Waals surface area (Å²) >= 11 is 7.35. The highest BCUT2D eigenvalue weighted by molar-refractivity contribution is 7.99. The van der Waals surface area contributed by atoms with Crippen LogP contribution in [0.4, 0.5) is 0 Å². The average Bonchev–Trinajstić information content (AvgIpc) is 3.05. The first-order valence-corrected chi connectivity index (χ1v) is 7.53. The second-order valence-electron chi connectivity index (χ2n) is 4.21. The van der Waals surface area contributed by atoms with Gasteiger partial charge in [-0.25, -0.2) is 9.97 Å². The Bertz CT molecular complexity index is 736. The van der Waals surface area contributed by atoms with E-state index in [1.807, 2.05) is 23.6 Å². The van der Waals surface area contributed by atoms with E-state index in [4.69, 9.17) is 16.0 Å². The van der Waals surface area contributed by atoms with Gasteiger partial charge in [0.25, 0.3) is 0 Å². The smallest absolute Gasteiger partial charge is 0.200 e. The minimum absolute atomic E-state index is 0.416. The van der Waals surface area contributed by atoms with Crippen molar-refractivity contribution in [3.8, 4) is 11.6 Å². The molecule has 3 rings (SSSR count). The lowest BCUT2D eigenvalue weighted by Gasteiger charge is -2.05. The number of aromatic nitrogens is 5. The molecule has 0 unspecified atom stereocenters. The number of rotatable bonds is 4. The quantitative estimate of drug-likeness (QED) is 0.685. The van der Waals surface area contributed by atoms with E-state index in [0.29, 0.717) is 22.6 Å². The highest BCUT2D eigenvalue weighted by Gasteiger charge is 2.16. The van der Waals surface area contributed by atoms with Gasteiger partial charge in [0.05, 0.1) is 6.26 Å². The van der Waals surface area contributed by atoms with Gasteiger partial charge in [-0.05, 0) is 37.7 Å². The molecule has 0 N–H and O–H groups in total. The zero-order valence-corrected chi connectivity index (χ0v) is 13.0. The number of hydrogen-bond donors (Lipinski definition) is 0. The lowest BCUT2D eigenvalue weighted by Crippen LogP contribution is -1.99. The first-order chi connectivity index (χ1) is 10.2. The summed E-state index contributed by atoms with van der Waals surface area (Å²) in [5.41, 5.74) is 0. The van der Waals surface area contributed by atoms with Crippen LogP contribution in [-0.4, -0.2) is 24.7 Å². The van der Waals surface area contributed by atoms with E-state index in [-0.39, 0.29) is 0 Å². The van der Waals surface area contributed by atoms with Gasteiger partial charge in [0.15, 0.2) is 16.7 Å². The fourth-order valence-electron chi connectivity index (χ4n) is 1.89. The van der Waals surface area contributed by atoms with E-state index in [9.17, 15) is 0 Å².